The molecule has 1 aliphatic heterocycles. The molecule has 0 saturated carbocycles. The fraction of sp³-hybridized carbons (Fsp3) is 0.600. The average Bonchev–Trinajstić information content (AvgIpc) is 2.66. The topological polar surface area (TPSA) is 84.9 Å². The highest BCUT2D eigenvalue weighted by Crippen LogP contribution is 2.43. The van der Waals surface area contributed by atoms with Crippen LogP contribution in [-0.2, 0) is 26.9 Å². The van der Waals surface area contributed by atoms with E-state index in [1.807, 2.05) is 19.1 Å². The minimum atomic E-state index is -4.11. The van der Waals surface area contributed by atoms with Gasteiger partial charge >= 0.3 is 10.3 Å². The van der Waals surface area contributed by atoms with Crippen molar-refractivity contribution in [1.29, 1.82) is 0 Å². The number of fused-ring (bicyclic) bond motifs is 1. The van der Waals surface area contributed by atoms with Gasteiger partial charge in [0, 0.05) is 18.7 Å². The fourth-order valence-electron chi connectivity index (χ4n) is 2.62. The van der Waals surface area contributed by atoms with Gasteiger partial charge in [0.1, 0.15) is 5.75 Å². The summed E-state index contributed by atoms with van der Waals surface area (Å²) in [6.07, 6.45) is 1.03. The maximum atomic E-state index is 10.6. The Bertz CT molecular complexity index is 627. The lowest BCUT2D eigenvalue weighted by atomic mass is 9.84. The summed E-state index contributed by atoms with van der Waals surface area (Å²) in [5, 5.41) is 0. The third-order valence-electron chi connectivity index (χ3n) is 3.81. The molecular formula is C15H23NO5S. The molecule has 1 aromatic rings. The minimum Gasteiger partial charge on any atom is -0.464 e. The fourth-order valence-corrected chi connectivity index (χ4v) is 3.02. The molecule has 0 bridgehead atoms. The predicted octanol–water partition coefficient (Wildman–Crippen LogP) is 2.04. The largest absolute Gasteiger partial charge is 0.464 e. The van der Waals surface area contributed by atoms with Gasteiger partial charge in [-0.2, -0.15) is 13.1 Å². The zero-order chi connectivity index (χ0) is 16.4. The van der Waals surface area contributed by atoms with Crippen LogP contribution in [0.4, 0.5) is 0 Å². The quantitative estimate of drug-likeness (QED) is 0.591. The first-order valence-electron chi connectivity index (χ1n) is 7.38. The molecule has 1 atom stereocenters. The normalized spacial score (nSPS) is 19.7. The predicted molar refractivity (Wildman–Crippen MR) is 83.4 cm³/mol. The van der Waals surface area contributed by atoms with Crippen LogP contribution in [0.3, 0.4) is 0 Å². The van der Waals surface area contributed by atoms with Crippen molar-refractivity contribution in [2.24, 2.45) is 0 Å². The van der Waals surface area contributed by atoms with E-state index in [1.54, 1.807) is 0 Å². The Balaban J connectivity index is 2.02. The van der Waals surface area contributed by atoms with E-state index < -0.39 is 10.3 Å². The van der Waals surface area contributed by atoms with Crippen LogP contribution in [-0.4, -0.2) is 32.4 Å². The van der Waals surface area contributed by atoms with Crippen molar-refractivity contribution in [3.8, 4) is 5.75 Å². The van der Waals surface area contributed by atoms with Gasteiger partial charge in [-0.15, -0.1) is 0 Å². The first-order chi connectivity index (χ1) is 10.2. The van der Waals surface area contributed by atoms with Crippen molar-refractivity contribution in [3.63, 3.8) is 0 Å². The van der Waals surface area contributed by atoms with Gasteiger partial charge in [-0.05, 0) is 45.2 Å². The standard InChI is InChI=1S/C15H23NO5S/c1-4-20-14-15(2,3)12-10-11(7-8-13(12)21-14)6-5-9-16-22(17,18)19/h7-8,10,14,16H,4-6,9H2,1-3H3,(H,17,18,19). The van der Waals surface area contributed by atoms with Crippen LogP contribution in [0.15, 0.2) is 18.2 Å². The number of hydrogen-bond acceptors (Lipinski definition) is 4. The van der Waals surface area contributed by atoms with E-state index in [9.17, 15) is 8.42 Å². The Labute approximate surface area is 131 Å². The second kappa shape index (κ2) is 6.54. The van der Waals surface area contributed by atoms with Gasteiger partial charge < -0.3 is 9.47 Å². The zero-order valence-electron chi connectivity index (χ0n) is 13.1. The van der Waals surface area contributed by atoms with E-state index in [0.717, 1.165) is 16.9 Å². The highest BCUT2D eigenvalue weighted by atomic mass is 32.2. The number of nitrogens with one attached hydrogen (secondary N) is 1. The molecule has 0 spiro atoms. The highest BCUT2D eigenvalue weighted by molar-refractivity contribution is 7.83. The first kappa shape index (κ1) is 17.2. The summed E-state index contributed by atoms with van der Waals surface area (Å²) < 4.78 is 43.4. The molecule has 1 aromatic carbocycles. The molecule has 22 heavy (non-hydrogen) atoms. The van der Waals surface area contributed by atoms with Gasteiger partial charge in [-0.3, -0.25) is 4.55 Å². The Morgan fingerprint density at radius 2 is 2.14 bits per heavy atom. The Hall–Kier alpha value is -1.15. The molecule has 0 aromatic heterocycles. The highest BCUT2D eigenvalue weighted by Gasteiger charge is 2.42. The maximum Gasteiger partial charge on any atom is 0.333 e. The Morgan fingerprint density at radius 3 is 2.77 bits per heavy atom. The molecule has 6 nitrogen and oxygen atoms in total. The number of aryl methyl sites for hydroxylation is 1. The Kier molecular flexibility index (Phi) is 5.11. The molecular weight excluding hydrogens is 306 g/mol. The van der Waals surface area contributed by atoms with Crippen LogP contribution in [0.25, 0.3) is 0 Å². The maximum absolute atomic E-state index is 10.6. The van der Waals surface area contributed by atoms with E-state index in [-0.39, 0.29) is 18.2 Å². The number of hydrogen-bond donors (Lipinski definition) is 2. The molecule has 124 valence electrons. The van der Waals surface area contributed by atoms with Gasteiger partial charge in [-0.25, -0.2) is 0 Å². The minimum absolute atomic E-state index is 0.206. The lowest BCUT2D eigenvalue weighted by molar-refractivity contribution is -0.0981. The molecule has 0 radical (unpaired) electrons. The van der Waals surface area contributed by atoms with Crippen LogP contribution in [0.1, 0.15) is 38.3 Å². The molecule has 0 saturated heterocycles. The van der Waals surface area contributed by atoms with Crippen molar-refractivity contribution in [1.82, 2.24) is 4.72 Å². The van der Waals surface area contributed by atoms with Crippen molar-refractivity contribution in [2.75, 3.05) is 13.2 Å². The summed E-state index contributed by atoms with van der Waals surface area (Å²) in [5.74, 6) is 0.836. The smallest absolute Gasteiger partial charge is 0.333 e. The summed E-state index contributed by atoms with van der Waals surface area (Å²) >= 11 is 0. The molecule has 1 heterocycles. The summed E-state index contributed by atoms with van der Waals surface area (Å²) in [5.41, 5.74) is 1.98. The van der Waals surface area contributed by atoms with E-state index >= 15 is 0 Å². The summed E-state index contributed by atoms with van der Waals surface area (Å²) in [6, 6.07) is 5.99. The third-order valence-corrected chi connectivity index (χ3v) is 4.38. The summed E-state index contributed by atoms with van der Waals surface area (Å²) in [6.45, 7) is 6.91. The molecule has 2 N–H and O–H groups in total. The monoisotopic (exact) mass is 329 g/mol. The molecule has 1 unspecified atom stereocenters. The number of rotatable bonds is 7. The van der Waals surface area contributed by atoms with E-state index in [2.05, 4.69) is 24.6 Å². The molecule has 0 aliphatic carbocycles. The van der Waals surface area contributed by atoms with E-state index in [1.165, 1.54) is 0 Å². The third kappa shape index (κ3) is 3.98. The lowest BCUT2D eigenvalue weighted by Gasteiger charge is -2.25. The first-order valence-corrected chi connectivity index (χ1v) is 8.82. The van der Waals surface area contributed by atoms with Crippen molar-refractivity contribution >= 4 is 10.3 Å². The second-order valence-electron chi connectivity index (χ2n) is 5.93. The van der Waals surface area contributed by atoms with Crippen molar-refractivity contribution in [3.05, 3.63) is 29.3 Å². The molecule has 2 rings (SSSR count). The number of benzene rings is 1. The van der Waals surface area contributed by atoms with E-state index in [0.29, 0.717) is 19.4 Å². The average molecular weight is 329 g/mol. The lowest BCUT2D eigenvalue weighted by Crippen LogP contribution is -2.34. The molecule has 7 heteroatoms. The molecule has 0 fully saturated rings. The van der Waals surface area contributed by atoms with Crippen LogP contribution in [0, 0.1) is 0 Å². The molecule has 1 aliphatic rings. The van der Waals surface area contributed by atoms with Gasteiger partial charge in [0.2, 0.25) is 6.29 Å². The van der Waals surface area contributed by atoms with Gasteiger partial charge in [0.05, 0.1) is 5.41 Å². The SMILES string of the molecule is CCOC1Oc2ccc(CCCNS(=O)(=O)O)cc2C1(C)C. The zero-order valence-corrected chi connectivity index (χ0v) is 13.9. The number of ether oxygens (including phenoxy) is 2. The summed E-state index contributed by atoms with van der Waals surface area (Å²) in [7, 11) is -4.11. The van der Waals surface area contributed by atoms with Crippen molar-refractivity contribution in [2.45, 2.75) is 45.3 Å². The van der Waals surface area contributed by atoms with Gasteiger partial charge in [0.15, 0.2) is 0 Å². The van der Waals surface area contributed by atoms with Crippen molar-refractivity contribution < 1.29 is 22.4 Å². The summed E-state index contributed by atoms with van der Waals surface area (Å²) in [4.78, 5) is 0. The van der Waals surface area contributed by atoms with E-state index in [4.69, 9.17) is 14.0 Å². The second-order valence-corrected chi connectivity index (χ2v) is 7.17. The van der Waals surface area contributed by atoms with Crippen LogP contribution < -0.4 is 9.46 Å². The van der Waals surface area contributed by atoms with Crippen LogP contribution in [0.5, 0.6) is 5.75 Å². The molecule has 0 amide bonds. The van der Waals surface area contributed by atoms with Crippen LogP contribution >= 0.6 is 0 Å². The van der Waals surface area contributed by atoms with Gasteiger partial charge in [0.25, 0.3) is 0 Å². The van der Waals surface area contributed by atoms with Gasteiger partial charge in [-0.1, -0.05) is 12.1 Å². The van der Waals surface area contributed by atoms with Crippen LogP contribution in [0.2, 0.25) is 0 Å². The Morgan fingerprint density at radius 1 is 1.41 bits per heavy atom.